The Morgan fingerprint density at radius 2 is 1.92 bits per heavy atom. The molecule has 0 aliphatic carbocycles. The molecule has 7 heteroatoms. The van der Waals surface area contributed by atoms with Crippen molar-refractivity contribution in [3.8, 4) is 11.4 Å². The Balaban J connectivity index is 1.73. The topological polar surface area (TPSA) is 64.9 Å². The van der Waals surface area contributed by atoms with E-state index < -0.39 is 0 Å². The molecule has 6 nitrogen and oxygen atoms in total. The summed E-state index contributed by atoms with van der Waals surface area (Å²) in [5, 5.41) is 8.62. The van der Waals surface area contributed by atoms with Gasteiger partial charge in [-0.2, -0.15) is 5.10 Å². The molecule has 0 aliphatic heterocycles. The molecule has 0 saturated heterocycles. The highest BCUT2D eigenvalue weighted by atomic mass is 79.9. The van der Waals surface area contributed by atoms with E-state index in [0.717, 1.165) is 32.6 Å². The van der Waals surface area contributed by atoms with Gasteiger partial charge in [-0.25, -0.2) is 14.6 Å². The number of rotatable bonds is 4. The summed E-state index contributed by atoms with van der Waals surface area (Å²) in [7, 11) is 1.65. The van der Waals surface area contributed by atoms with Gasteiger partial charge in [-0.1, -0.05) is 22.0 Å². The van der Waals surface area contributed by atoms with E-state index in [-0.39, 0.29) is 0 Å². The fourth-order valence-electron chi connectivity index (χ4n) is 2.55. The van der Waals surface area contributed by atoms with Crippen LogP contribution in [0.4, 0.5) is 11.5 Å². The van der Waals surface area contributed by atoms with Crippen molar-refractivity contribution in [3.05, 3.63) is 65.5 Å². The third-order valence-corrected chi connectivity index (χ3v) is 4.26. The molecular formula is C18H14BrN5O. The minimum absolute atomic E-state index is 0.705. The minimum Gasteiger partial charge on any atom is -0.497 e. The van der Waals surface area contributed by atoms with Crippen LogP contribution in [0.15, 0.2) is 65.5 Å². The molecule has 124 valence electrons. The number of methoxy groups -OCH3 is 1. The first-order valence-corrected chi connectivity index (χ1v) is 8.39. The van der Waals surface area contributed by atoms with E-state index in [1.807, 2.05) is 48.5 Å². The van der Waals surface area contributed by atoms with E-state index in [1.54, 1.807) is 18.0 Å². The average molecular weight is 396 g/mol. The molecule has 0 radical (unpaired) electrons. The molecule has 0 fully saturated rings. The lowest BCUT2D eigenvalue weighted by molar-refractivity contribution is 0.415. The van der Waals surface area contributed by atoms with Gasteiger partial charge in [0, 0.05) is 10.2 Å². The van der Waals surface area contributed by atoms with Gasteiger partial charge in [0.1, 0.15) is 17.9 Å². The van der Waals surface area contributed by atoms with Gasteiger partial charge in [-0.05, 0) is 42.5 Å². The summed E-state index contributed by atoms with van der Waals surface area (Å²) < 4.78 is 7.96. The first kappa shape index (κ1) is 15.6. The van der Waals surface area contributed by atoms with Crippen molar-refractivity contribution in [1.82, 2.24) is 19.7 Å². The van der Waals surface area contributed by atoms with Crippen LogP contribution in [0.3, 0.4) is 0 Å². The van der Waals surface area contributed by atoms with Crippen molar-refractivity contribution < 1.29 is 4.74 Å². The number of nitrogens with zero attached hydrogens (tertiary/aromatic N) is 4. The smallest absolute Gasteiger partial charge is 0.168 e. The van der Waals surface area contributed by atoms with Crippen molar-refractivity contribution in [2.45, 2.75) is 0 Å². The summed E-state index contributed by atoms with van der Waals surface area (Å²) in [6.07, 6.45) is 3.30. The largest absolute Gasteiger partial charge is 0.497 e. The number of ether oxygens (including phenoxy) is 1. The molecule has 2 heterocycles. The number of aromatic nitrogens is 4. The Hall–Kier alpha value is -2.93. The van der Waals surface area contributed by atoms with Crippen molar-refractivity contribution >= 4 is 38.5 Å². The first-order valence-electron chi connectivity index (χ1n) is 7.60. The maximum atomic E-state index is 5.18. The molecule has 0 amide bonds. The molecule has 1 N–H and O–H groups in total. The van der Waals surface area contributed by atoms with Crippen molar-refractivity contribution in [1.29, 1.82) is 0 Å². The lowest BCUT2D eigenvalue weighted by atomic mass is 10.3. The predicted molar refractivity (Wildman–Crippen MR) is 101 cm³/mol. The lowest BCUT2D eigenvalue weighted by Crippen LogP contribution is -1.99. The van der Waals surface area contributed by atoms with Crippen LogP contribution in [0.1, 0.15) is 0 Å². The van der Waals surface area contributed by atoms with Gasteiger partial charge in [0.2, 0.25) is 0 Å². The second kappa shape index (κ2) is 6.52. The monoisotopic (exact) mass is 395 g/mol. The summed E-state index contributed by atoms with van der Waals surface area (Å²) in [6, 6.07) is 15.6. The lowest BCUT2D eigenvalue weighted by Gasteiger charge is -2.08. The number of fused-ring (bicyclic) bond motifs is 1. The normalized spacial score (nSPS) is 10.8. The van der Waals surface area contributed by atoms with Gasteiger partial charge in [0.15, 0.2) is 5.65 Å². The highest BCUT2D eigenvalue weighted by Crippen LogP contribution is 2.26. The van der Waals surface area contributed by atoms with E-state index >= 15 is 0 Å². The van der Waals surface area contributed by atoms with Crippen LogP contribution in [-0.4, -0.2) is 26.9 Å². The van der Waals surface area contributed by atoms with E-state index in [9.17, 15) is 0 Å². The van der Waals surface area contributed by atoms with E-state index in [2.05, 4.69) is 36.3 Å². The van der Waals surface area contributed by atoms with Crippen LogP contribution in [0.5, 0.6) is 5.75 Å². The Kier molecular flexibility index (Phi) is 4.07. The van der Waals surface area contributed by atoms with Crippen LogP contribution in [0.25, 0.3) is 16.7 Å². The Morgan fingerprint density at radius 1 is 1.08 bits per heavy atom. The van der Waals surface area contributed by atoms with Gasteiger partial charge in [0.25, 0.3) is 0 Å². The molecule has 0 unspecified atom stereocenters. The molecule has 4 rings (SSSR count). The van der Waals surface area contributed by atoms with E-state index in [1.165, 1.54) is 6.33 Å². The zero-order valence-corrected chi connectivity index (χ0v) is 14.9. The van der Waals surface area contributed by atoms with Crippen LogP contribution >= 0.6 is 15.9 Å². The maximum Gasteiger partial charge on any atom is 0.168 e. The van der Waals surface area contributed by atoms with Crippen LogP contribution in [-0.2, 0) is 0 Å². The summed E-state index contributed by atoms with van der Waals surface area (Å²) in [6.45, 7) is 0. The summed E-state index contributed by atoms with van der Waals surface area (Å²) in [5.41, 5.74) is 2.58. The standard InChI is InChI=1S/C18H14BrN5O/c1-25-15-7-5-13(6-8-15)23-17-16-10-22-24(18(16)21-11-20-17)14-4-2-3-12(19)9-14/h2-11H,1H3,(H,20,21,23). The van der Waals surface area contributed by atoms with Gasteiger partial charge < -0.3 is 10.1 Å². The van der Waals surface area contributed by atoms with Crippen LogP contribution in [0, 0.1) is 0 Å². The SMILES string of the molecule is COc1ccc(Nc2ncnc3c2cnn3-c2cccc(Br)c2)cc1. The Labute approximate surface area is 152 Å². The number of benzene rings is 2. The predicted octanol–water partition coefficient (Wildman–Crippen LogP) is 4.33. The van der Waals surface area contributed by atoms with Gasteiger partial charge in [-0.3, -0.25) is 0 Å². The molecular weight excluding hydrogens is 382 g/mol. The fourth-order valence-corrected chi connectivity index (χ4v) is 2.94. The molecule has 2 aromatic heterocycles. The molecule has 0 aliphatic rings. The zero-order chi connectivity index (χ0) is 17.2. The van der Waals surface area contributed by atoms with E-state index in [0.29, 0.717) is 5.82 Å². The zero-order valence-electron chi connectivity index (χ0n) is 13.3. The van der Waals surface area contributed by atoms with Gasteiger partial charge >= 0.3 is 0 Å². The summed E-state index contributed by atoms with van der Waals surface area (Å²) in [5.74, 6) is 1.51. The third kappa shape index (κ3) is 3.06. The highest BCUT2D eigenvalue weighted by molar-refractivity contribution is 9.10. The van der Waals surface area contributed by atoms with Crippen molar-refractivity contribution in [2.24, 2.45) is 0 Å². The summed E-state index contributed by atoms with van der Waals surface area (Å²) >= 11 is 3.49. The first-order chi connectivity index (χ1) is 12.2. The van der Waals surface area contributed by atoms with Crippen LogP contribution in [0.2, 0.25) is 0 Å². The highest BCUT2D eigenvalue weighted by Gasteiger charge is 2.11. The Morgan fingerprint density at radius 3 is 2.68 bits per heavy atom. The molecule has 0 saturated carbocycles. The molecule has 25 heavy (non-hydrogen) atoms. The minimum atomic E-state index is 0.705. The number of hydrogen-bond donors (Lipinski definition) is 1. The second-order valence-electron chi connectivity index (χ2n) is 5.35. The van der Waals surface area contributed by atoms with Crippen molar-refractivity contribution in [2.75, 3.05) is 12.4 Å². The molecule has 0 spiro atoms. The second-order valence-corrected chi connectivity index (χ2v) is 6.26. The quantitative estimate of drug-likeness (QED) is 0.556. The molecule has 2 aromatic carbocycles. The molecule has 0 atom stereocenters. The molecule has 4 aromatic rings. The number of anilines is 2. The summed E-state index contributed by atoms with van der Waals surface area (Å²) in [4.78, 5) is 8.74. The third-order valence-electron chi connectivity index (χ3n) is 3.77. The van der Waals surface area contributed by atoms with Gasteiger partial charge in [0.05, 0.1) is 24.4 Å². The maximum absolute atomic E-state index is 5.18. The average Bonchev–Trinajstić information content (AvgIpc) is 3.07. The number of hydrogen-bond acceptors (Lipinski definition) is 5. The van der Waals surface area contributed by atoms with E-state index in [4.69, 9.17) is 4.74 Å². The molecule has 0 bridgehead atoms. The fraction of sp³-hybridized carbons (Fsp3) is 0.0556. The Bertz CT molecular complexity index is 1030. The number of nitrogens with one attached hydrogen (secondary N) is 1. The number of halogens is 1. The van der Waals surface area contributed by atoms with Crippen LogP contribution < -0.4 is 10.1 Å². The van der Waals surface area contributed by atoms with Crippen molar-refractivity contribution in [3.63, 3.8) is 0 Å². The van der Waals surface area contributed by atoms with Gasteiger partial charge in [-0.15, -0.1) is 0 Å².